The van der Waals surface area contributed by atoms with E-state index in [1.54, 1.807) is 0 Å². The molecule has 0 aromatic rings. The Kier molecular flexibility index (Phi) is 2.44. The number of nitrogens with one attached hydrogen (secondary N) is 1. The molecular formula is C6H15N3O2S. The second-order valence-corrected chi connectivity index (χ2v) is 5.07. The Balaban J connectivity index is 2.56. The number of nitrogens with zero attached hydrogens (tertiary/aromatic N) is 1. The summed E-state index contributed by atoms with van der Waals surface area (Å²) in [5.41, 5.74) is 5.51. The quantitative estimate of drug-likeness (QED) is 0.596. The van der Waals surface area contributed by atoms with E-state index in [0.717, 1.165) is 6.42 Å². The first-order valence-electron chi connectivity index (χ1n) is 3.91. The van der Waals surface area contributed by atoms with Crippen LogP contribution in [0.3, 0.4) is 0 Å². The Bertz CT molecular complexity index is 256. The summed E-state index contributed by atoms with van der Waals surface area (Å²) < 4.78 is 25.9. The number of nitrogens with two attached hydrogens (primary N) is 1. The number of hydrogen-bond acceptors (Lipinski definition) is 3. The molecule has 0 aromatic carbocycles. The third-order valence-electron chi connectivity index (χ3n) is 2.28. The van der Waals surface area contributed by atoms with Gasteiger partial charge < -0.3 is 5.73 Å². The molecule has 3 N–H and O–H groups in total. The molecule has 1 aliphatic rings. The van der Waals surface area contributed by atoms with Gasteiger partial charge in [-0.15, -0.1) is 0 Å². The van der Waals surface area contributed by atoms with Crippen molar-refractivity contribution in [2.45, 2.75) is 18.9 Å². The van der Waals surface area contributed by atoms with Crippen molar-refractivity contribution in [3.05, 3.63) is 0 Å². The lowest BCUT2D eigenvalue weighted by molar-refractivity contribution is 0.152. The Morgan fingerprint density at radius 1 is 1.58 bits per heavy atom. The van der Waals surface area contributed by atoms with Crippen LogP contribution in [-0.4, -0.2) is 38.4 Å². The van der Waals surface area contributed by atoms with Crippen LogP contribution in [-0.2, 0) is 10.2 Å². The fraction of sp³-hybridized carbons (Fsp3) is 1.00. The van der Waals surface area contributed by atoms with Gasteiger partial charge in [0.15, 0.2) is 0 Å². The summed E-state index contributed by atoms with van der Waals surface area (Å²) in [4.78, 5) is 0. The van der Waals surface area contributed by atoms with Crippen molar-refractivity contribution in [3.63, 3.8) is 0 Å². The Morgan fingerprint density at radius 3 is 2.42 bits per heavy atom. The zero-order chi connectivity index (χ0) is 9.41. The first-order chi connectivity index (χ1) is 5.43. The maximum Gasteiger partial charge on any atom is 0.279 e. The summed E-state index contributed by atoms with van der Waals surface area (Å²) in [5, 5.41) is 0. The van der Waals surface area contributed by atoms with Crippen molar-refractivity contribution in [2.75, 3.05) is 20.1 Å². The van der Waals surface area contributed by atoms with Crippen LogP contribution in [0.25, 0.3) is 0 Å². The van der Waals surface area contributed by atoms with Crippen molar-refractivity contribution in [1.29, 1.82) is 0 Å². The molecule has 1 fully saturated rings. The molecular weight excluding hydrogens is 178 g/mol. The van der Waals surface area contributed by atoms with Gasteiger partial charge in [-0.25, -0.2) is 4.72 Å². The summed E-state index contributed by atoms with van der Waals surface area (Å²) in [6.07, 6.45) is 0.808. The second-order valence-electron chi connectivity index (χ2n) is 3.19. The van der Waals surface area contributed by atoms with Gasteiger partial charge in [0.1, 0.15) is 0 Å². The maximum atomic E-state index is 11.1. The minimum atomic E-state index is -3.24. The van der Waals surface area contributed by atoms with Gasteiger partial charge in [0.25, 0.3) is 10.2 Å². The zero-order valence-corrected chi connectivity index (χ0v) is 8.19. The fourth-order valence-corrected chi connectivity index (χ4v) is 2.29. The van der Waals surface area contributed by atoms with Gasteiger partial charge >= 0.3 is 0 Å². The Labute approximate surface area is 73.1 Å². The highest BCUT2D eigenvalue weighted by molar-refractivity contribution is 7.87. The van der Waals surface area contributed by atoms with Crippen LogP contribution < -0.4 is 10.5 Å². The molecule has 72 valence electrons. The van der Waals surface area contributed by atoms with E-state index in [4.69, 9.17) is 5.73 Å². The maximum absolute atomic E-state index is 11.1. The van der Waals surface area contributed by atoms with Crippen LogP contribution in [0.1, 0.15) is 13.3 Å². The summed E-state index contributed by atoms with van der Waals surface area (Å²) in [6, 6.07) is 0. The molecule has 0 saturated carbocycles. The molecule has 1 rings (SSSR count). The van der Waals surface area contributed by atoms with Gasteiger partial charge in [-0.05, 0) is 6.42 Å². The van der Waals surface area contributed by atoms with Crippen molar-refractivity contribution >= 4 is 10.2 Å². The first kappa shape index (κ1) is 9.91. The lowest BCUT2D eigenvalue weighted by atomic mass is 9.91. The third-order valence-corrected chi connectivity index (χ3v) is 3.74. The highest BCUT2D eigenvalue weighted by Gasteiger charge is 2.43. The largest absolute Gasteiger partial charge is 0.323 e. The highest BCUT2D eigenvalue weighted by atomic mass is 32.2. The summed E-state index contributed by atoms with van der Waals surface area (Å²) in [6.45, 7) is 2.81. The predicted octanol–water partition coefficient (Wildman–Crippen LogP) is -1.13. The lowest BCUT2D eigenvalue weighted by Crippen LogP contribution is -2.69. The molecule has 0 amide bonds. The van der Waals surface area contributed by atoms with Crippen LogP contribution in [0.5, 0.6) is 0 Å². The molecule has 0 aliphatic carbocycles. The zero-order valence-electron chi connectivity index (χ0n) is 7.37. The summed E-state index contributed by atoms with van der Waals surface area (Å²) in [7, 11) is -1.84. The molecule has 5 nitrogen and oxygen atoms in total. The van der Waals surface area contributed by atoms with Gasteiger partial charge in [-0.3, -0.25) is 0 Å². The predicted molar refractivity (Wildman–Crippen MR) is 46.8 cm³/mol. The van der Waals surface area contributed by atoms with Gasteiger partial charge in [0.2, 0.25) is 0 Å². The molecule has 1 saturated heterocycles. The molecule has 0 spiro atoms. The van der Waals surface area contributed by atoms with E-state index in [-0.39, 0.29) is 5.54 Å². The average molecular weight is 193 g/mol. The van der Waals surface area contributed by atoms with E-state index < -0.39 is 10.2 Å². The molecule has 1 aliphatic heterocycles. The van der Waals surface area contributed by atoms with Gasteiger partial charge in [0.05, 0.1) is 0 Å². The van der Waals surface area contributed by atoms with Crippen LogP contribution >= 0.6 is 0 Å². The van der Waals surface area contributed by atoms with Crippen molar-refractivity contribution in [2.24, 2.45) is 5.73 Å². The fourth-order valence-electron chi connectivity index (χ4n) is 1.18. The number of rotatable bonds is 3. The monoisotopic (exact) mass is 193 g/mol. The van der Waals surface area contributed by atoms with Crippen LogP contribution in [0.4, 0.5) is 0 Å². The molecule has 12 heavy (non-hydrogen) atoms. The minimum Gasteiger partial charge on any atom is -0.323 e. The minimum absolute atomic E-state index is 0.302. The lowest BCUT2D eigenvalue weighted by Gasteiger charge is -2.45. The smallest absolute Gasteiger partial charge is 0.279 e. The third kappa shape index (κ3) is 1.61. The SMILES string of the molecule is CCC1(N)CN(S(=O)(=O)NC)C1. The van der Waals surface area contributed by atoms with E-state index in [1.165, 1.54) is 11.4 Å². The molecule has 6 heteroatoms. The Morgan fingerprint density at radius 2 is 2.08 bits per heavy atom. The van der Waals surface area contributed by atoms with Gasteiger partial charge in [-0.1, -0.05) is 6.92 Å². The van der Waals surface area contributed by atoms with E-state index in [2.05, 4.69) is 4.72 Å². The van der Waals surface area contributed by atoms with Crippen molar-refractivity contribution in [3.8, 4) is 0 Å². The van der Waals surface area contributed by atoms with E-state index >= 15 is 0 Å². The van der Waals surface area contributed by atoms with Crippen LogP contribution in [0.15, 0.2) is 0 Å². The van der Waals surface area contributed by atoms with Crippen LogP contribution in [0, 0.1) is 0 Å². The van der Waals surface area contributed by atoms with E-state index in [9.17, 15) is 8.42 Å². The molecule has 0 bridgehead atoms. The number of hydrogen-bond donors (Lipinski definition) is 2. The van der Waals surface area contributed by atoms with Crippen LogP contribution in [0.2, 0.25) is 0 Å². The molecule has 1 heterocycles. The summed E-state index contributed by atoms with van der Waals surface area (Å²) >= 11 is 0. The van der Waals surface area contributed by atoms with E-state index in [1.807, 2.05) is 6.92 Å². The standard InChI is InChI=1S/C6H15N3O2S/c1-3-6(7)4-9(5-6)12(10,11)8-2/h8H,3-5,7H2,1-2H3. The molecule has 0 unspecified atom stereocenters. The first-order valence-corrected chi connectivity index (χ1v) is 5.35. The van der Waals surface area contributed by atoms with Gasteiger partial charge in [0, 0.05) is 25.7 Å². The average Bonchev–Trinajstić information content (AvgIpc) is 1.98. The second kappa shape index (κ2) is 2.95. The van der Waals surface area contributed by atoms with Crippen molar-refractivity contribution in [1.82, 2.24) is 9.03 Å². The topological polar surface area (TPSA) is 75.4 Å². The summed E-state index contributed by atoms with van der Waals surface area (Å²) in [5.74, 6) is 0. The van der Waals surface area contributed by atoms with E-state index in [0.29, 0.717) is 13.1 Å². The molecule has 0 aromatic heterocycles. The Hall–Kier alpha value is -0.170. The highest BCUT2D eigenvalue weighted by Crippen LogP contribution is 2.23. The van der Waals surface area contributed by atoms with Crippen molar-refractivity contribution < 1.29 is 8.42 Å². The van der Waals surface area contributed by atoms with Gasteiger partial charge in [-0.2, -0.15) is 12.7 Å². The molecule has 0 radical (unpaired) electrons. The normalized spacial score (nSPS) is 23.6. The molecule has 0 atom stereocenters.